The van der Waals surface area contributed by atoms with Gasteiger partial charge in [-0.3, -0.25) is 0 Å². The molecule has 2 nitrogen and oxygen atoms in total. The lowest BCUT2D eigenvalue weighted by atomic mass is 9.87. The van der Waals surface area contributed by atoms with Gasteiger partial charge in [0.1, 0.15) is 0 Å². The molecule has 0 aromatic rings. The third kappa shape index (κ3) is 3.56. The predicted octanol–water partition coefficient (Wildman–Crippen LogP) is 2.99. The molecule has 0 amide bonds. The van der Waals surface area contributed by atoms with Crippen LogP contribution in [0.2, 0.25) is 0 Å². The average molecular weight is 237 g/mol. The number of hydrogen-bond acceptors (Lipinski definition) is 2. The molecule has 2 bridgehead atoms. The maximum absolute atomic E-state index is 5.57. The second-order valence-corrected chi connectivity index (χ2v) is 5.65. The van der Waals surface area contributed by atoms with Gasteiger partial charge < -0.3 is 10.1 Å². The first-order valence-corrected chi connectivity index (χ1v) is 7.30. The standard InChI is InChI=1S/C15H27NO/c1-3-4-8-17-9-7-16-12(2)15-11-13-5-6-14(15)10-13/h5-6,12-16H,3-4,7-11H2,1-2H3. The Labute approximate surface area is 106 Å². The molecule has 0 spiro atoms. The Kier molecular flexibility index (Phi) is 5.05. The molecular weight excluding hydrogens is 210 g/mol. The number of unbranched alkanes of at least 4 members (excludes halogenated alkanes) is 1. The summed E-state index contributed by atoms with van der Waals surface area (Å²) in [5.74, 6) is 2.60. The van der Waals surface area contributed by atoms with Gasteiger partial charge in [-0.25, -0.2) is 0 Å². The van der Waals surface area contributed by atoms with Crippen LogP contribution >= 0.6 is 0 Å². The van der Waals surface area contributed by atoms with Gasteiger partial charge >= 0.3 is 0 Å². The molecule has 0 aromatic heterocycles. The van der Waals surface area contributed by atoms with E-state index in [-0.39, 0.29) is 0 Å². The second-order valence-electron chi connectivity index (χ2n) is 5.65. The fourth-order valence-corrected chi connectivity index (χ4v) is 3.26. The molecule has 1 fully saturated rings. The molecule has 0 saturated heterocycles. The summed E-state index contributed by atoms with van der Waals surface area (Å²) in [6.45, 7) is 7.32. The van der Waals surface area contributed by atoms with E-state index in [4.69, 9.17) is 4.74 Å². The van der Waals surface area contributed by atoms with Crippen LogP contribution in [-0.4, -0.2) is 25.8 Å². The van der Waals surface area contributed by atoms with E-state index in [1.807, 2.05) is 0 Å². The van der Waals surface area contributed by atoms with E-state index in [1.54, 1.807) is 0 Å². The fraction of sp³-hybridized carbons (Fsp3) is 0.867. The molecule has 4 unspecified atom stereocenters. The van der Waals surface area contributed by atoms with Crippen molar-refractivity contribution in [1.29, 1.82) is 0 Å². The van der Waals surface area contributed by atoms with Crippen molar-refractivity contribution < 1.29 is 4.74 Å². The maximum Gasteiger partial charge on any atom is 0.0590 e. The normalized spacial score (nSPS) is 32.2. The van der Waals surface area contributed by atoms with Crippen molar-refractivity contribution in [3.63, 3.8) is 0 Å². The van der Waals surface area contributed by atoms with Crippen molar-refractivity contribution in [1.82, 2.24) is 5.32 Å². The molecule has 2 heteroatoms. The molecule has 2 aliphatic rings. The van der Waals surface area contributed by atoms with Crippen molar-refractivity contribution in [3.8, 4) is 0 Å². The Morgan fingerprint density at radius 1 is 1.29 bits per heavy atom. The van der Waals surface area contributed by atoms with Gasteiger partial charge in [-0.15, -0.1) is 0 Å². The summed E-state index contributed by atoms with van der Waals surface area (Å²) in [5, 5.41) is 3.63. The molecular formula is C15H27NO. The molecule has 1 saturated carbocycles. The second kappa shape index (κ2) is 6.55. The minimum absolute atomic E-state index is 0.643. The number of ether oxygens (including phenoxy) is 1. The highest BCUT2D eigenvalue weighted by atomic mass is 16.5. The quantitative estimate of drug-likeness (QED) is 0.517. The Morgan fingerprint density at radius 2 is 2.18 bits per heavy atom. The topological polar surface area (TPSA) is 21.3 Å². The van der Waals surface area contributed by atoms with Crippen molar-refractivity contribution in [3.05, 3.63) is 12.2 Å². The third-order valence-electron chi connectivity index (χ3n) is 4.33. The first kappa shape index (κ1) is 13.1. The lowest BCUT2D eigenvalue weighted by Gasteiger charge is -2.26. The lowest BCUT2D eigenvalue weighted by molar-refractivity contribution is 0.128. The minimum atomic E-state index is 0.643. The first-order valence-electron chi connectivity index (χ1n) is 7.30. The lowest BCUT2D eigenvalue weighted by Crippen LogP contribution is -2.37. The van der Waals surface area contributed by atoms with E-state index >= 15 is 0 Å². The van der Waals surface area contributed by atoms with E-state index < -0.39 is 0 Å². The van der Waals surface area contributed by atoms with Crippen LogP contribution in [-0.2, 0) is 4.74 Å². The van der Waals surface area contributed by atoms with Crippen molar-refractivity contribution in [2.75, 3.05) is 19.8 Å². The number of fused-ring (bicyclic) bond motifs is 2. The van der Waals surface area contributed by atoms with Gasteiger partial charge in [0.05, 0.1) is 6.61 Å². The molecule has 0 aromatic carbocycles. The summed E-state index contributed by atoms with van der Waals surface area (Å²) in [4.78, 5) is 0. The largest absolute Gasteiger partial charge is 0.380 e. The highest BCUT2D eigenvalue weighted by Crippen LogP contribution is 2.44. The van der Waals surface area contributed by atoms with E-state index in [2.05, 4.69) is 31.3 Å². The van der Waals surface area contributed by atoms with Gasteiger partial charge in [0.2, 0.25) is 0 Å². The smallest absolute Gasteiger partial charge is 0.0590 e. The molecule has 98 valence electrons. The minimum Gasteiger partial charge on any atom is -0.380 e. The van der Waals surface area contributed by atoms with Crippen LogP contribution in [0.25, 0.3) is 0 Å². The fourth-order valence-electron chi connectivity index (χ4n) is 3.26. The van der Waals surface area contributed by atoms with Gasteiger partial charge in [-0.2, -0.15) is 0 Å². The van der Waals surface area contributed by atoms with Crippen LogP contribution in [0.5, 0.6) is 0 Å². The Balaban J connectivity index is 1.55. The molecule has 0 radical (unpaired) electrons. The molecule has 4 atom stereocenters. The van der Waals surface area contributed by atoms with Crippen LogP contribution < -0.4 is 5.32 Å². The zero-order valence-electron chi connectivity index (χ0n) is 11.3. The zero-order valence-corrected chi connectivity index (χ0v) is 11.3. The Bertz CT molecular complexity index is 251. The molecule has 0 aliphatic heterocycles. The Hall–Kier alpha value is -0.340. The van der Waals surface area contributed by atoms with Gasteiger partial charge in [0.25, 0.3) is 0 Å². The highest BCUT2D eigenvalue weighted by Gasteiger charge is 2.38. The van der Waals surface area contributed by atoms with Crippen LogP contribution in [0.3, 0.4) is 0 Å². The molecule has 2 rings (SSSR count). The summed E-state index contributed by atoms with van der Waals surface area (Å²) < 4.78 is 5.57. The van der Waals surface area contributed by atoms with Crippen LogP contribution in [0, 0.1) is 17.8 Å². The number of allylic oxidation sites excluding steroid dienone is 2. The zero-order chi connectivity index (χ0) is 12.1. The highest BCUT2D eigenvalue weighted by molar-refractivity contribution is 5.11. The average Bonchev–Trinajstić information content (AvgIpc) is 2.95. The van der Waals surface area contributed by atoms with Crippen molar-refractivity contribution >= 4 is 0 Å². The van der Waals surface area contributed by atoms with Crippen LogP contribution in [0.4, 0.5) is 0 Å². The number of rotatable bonds is 8. The van der Waals surface area contributed by atoms with E-state index in [0.717, 1.165) is 37.5 Å². The monoisotopic (exact) mass is 237 g/mol. The summed E-state index contributed by atoms with van der Waals surface area (Å²) >= 11 is 0. The van der Waals surface area contributed by atoms with Gasteiger partial charge in [-0.05, 0) is 43.9 Å². The first-order chi connectivity index (χ1) is 8.31. The molecule has 2 aliphatic carbocycles. The van der Waals surface area contributed by atoms with E-state index in [9.17, 15) is 0 Å². The van der Waals surface area contributed by atoms with E-state index in [0.29, 0.717) is 6.04 Å². The van der Waals surface area contributed by atoms with Gasteiger partial charge in [0, 0.05) is 19.2 Å². The molecule has 1 N–H and O–H groups in total. The van der Waals surface area contributed by atoms with Gasteiger partial charge in [0.15, 0.2) is 0 Å². The molecule has 17 heavy (non-hydrogen) atoms. The van der Waals surface area contributed by atoms with Crippen molar-refractivity contribution in [2.45, 2.75) is 45.6 Å². The van der Waals surface area contributed by atoms with Crippen LogP contribution in [0.15, 0.2) is 12.2 Å². The summed E-state index contributed by atoms with van der Waals surface area (Å²) in [6.07, 6.45) is 10.1. The summed E-state index contributed by atoms with van der Waals surface area (Å²) in [5.41, 5.74) is 0. The summed E-state index contributed by atoms with van der Waals surface area (Å²) in [6, 6.07) is 0.643. The summed E-state index contributed by atoms with van der Waals surface area (Å²) in [7, 11) is 0. The SMILES string of the molecule is CCCCOCCNC(C)C1CC2C=CC1C2. The van der Waals surface area contributed by atoms with Crippen molar-refractivity contribution in [2.24, 2.45) is 17.8 Å². The Morgan fingerprint density at radius 3 is 2.82 bits per heavy atom. The van der Waals surface area contributed by atoms with E-state index in [1.165, 1.54) is 25.7 Å². The van der Waals surface area contributed by atoms with Gasteiger partial charge in [-0.1, -0.05) is 25.5 Å². The van der Waals surface area contributed by atoms with Crippen LogP contribution in [0.1, 0.15) is 39.5 Å². The maximum atomic E-state index is 5.57. The number of nitrogens with one attached hydrogen (secondary N) is 1. The third-order valence-corrected chi connectivity index (χ3v) is 4.33. The number of hydrogen-bond donors (Lipinski definition) is 1. The predicted molar refractivity (Wildman–Crippen MR) is 72.0 cm³/mol. The molecule has 0 heterocycles.